The van der Waals surface area contributed by atoms with Crippen LogP contribution in [0.4, 0.5) is 0 Å². The lowest BCUT2D eigenvalue weighted by atomic mass is 9.87. The fourth-order valence-electron chi connectivity index (χ4n) is 4.63. The molecule has 1 saturated heterocycles. The molecular weight excluding hydrogens is 406 g/mol. The van der Waals surface area contributed by atoms with Crippen LogP contribution in [0.5, 0.6) is 5.75 Å². The fourth-order valence-corrected chi connectivity index (χ4v) is 4.63. The number of carbonyl (C=O) groups excluding carboxylic acids is 2. The highest BCUT2D eigenvalue weighted by atomic mass is 16.5. The van der Waals surface area contributed by atoms with Crippen LogP contribution in [0.2, 0.25) is 0 Å². The van der Waals surface area contributed by atoms with E-state index in [4.69, 9.17) is 9.47 Å². The van der Waals surface area contributed by atoms with Gasteiger partial charge in [0.05, 0.1) is 18.1 Å². The molecule has 1 fully saturated rings. The molecule has 1 amide bonds. The van der Waals surface area contributed by atoms with Gasteiger partial charge in [0.1, 0.15) is 17.9 Å². The maximum Gasteiger partial charge on any atom is 0.312 e. The SMILES string of the molecule is CCOC(=O)[C@@H]1CN(Cc2ccc(CN(C)C)cc2)C[C@]12COc1ccccc1C(=O)N2. The van der Waals surface area contributed by atoms with E-state index in [1.54, 1.807) is 19.1 Å². The van der Waals surface area contributed by atoms with Gasteiger partial charge in [-0.05, 0) is 44.3 Å². The zero-order valence-corrected chi connectivity index (χ0v) is 19.0. The number of nitrogens with zero attached hydrogens (tertiary/aromatic N) is 2. The number of amides is 1. The first-order valence-electron chi connectivity index (χ1n) is 11.1. The van der Waals surface area contributed by atoms with Gasteiger partial charge in [0.2, 0.25) is 0 Å². The summed E-state index contributed by atoms with van der Waals surface area (Å²) in [5.41, 5.74) is 2.06. The molecule has 2 aliphatic rings. The Morgan fingerprint density at radius 3 is 2.62 bits per heavy atom. The van der Waals surface area contributed by atoms with E-state index in [2.05, 4.69) is 53.5 Å². The summed E-state index contributed by atoms with van der Waals surface area (Å²) in [4.78, 5) is 30.2. The predicted molar refractivity (Wildman–Crippen MR) is 121 cm³/mol. The Bertz CT molecular complexity index is 975. The molecule has 0 saturated carbocycles. The summed E-state index contributed by atoms with van der Waals surface area (Å²) in [5, 5.41) is 3.13. The van der Waals surface area contributed by atoms with Crippen molar-refractivity contribution in [2.45, 2.75) is 25.6 Å². The summed E-state index contributed by atoms with van der Waals surface area (Å²) in [7, 11) is 4.10. The molecule has 2 aliphatic heterocycles. The molecule has 2 aromatic carbocycles. The highest BCUT2D eigenvalue weighted by molar-refractivity contribution is 5.98. The fraction of sp³-hybridized carbons (Fsp3) is 0.440. The number of para-hydroxylation sites is 1. The van der Waals surface area contributed by atoms with Crippen LogP contribution in [-0.4, -0.2) is 67.6 Å². The summed E-state index contributed by atoms with van der Waals surface area (Å²) in [6.07, 6.45) is 0. The van der Waals surface area contributed by atoms with Crippen molar-refractivity contribution in [2.24, 2.45) is 5.92 Å². The van der Waals surface area contributed by atoms with Crippen LogP contribution in [0, 0.1) is 5.92 Å². The lowest BCUT2D eigenvalue weighted by Gasteiger charge is -2.32. The number of hydrogen-bond donors (Lipinski definition) is 1. The van der Waals surface area contributed by atoms with Crippen LogP contribution >= 0.6 is 0 Å². The van der Waals surface area contributed by atoms with Crippen molar-refractivity contribution >= 4 is 11.9 Å². The number of ether oxygens (including phenoxy) is 2. The first-order chi connectivity index (χ1) is 15.4. The van der Waals surface area contributed by atoms with Crippen molar-refractivity contribution in [1.82, 2.24) is 15.1 Å². The highest BCUT2D eigenvalue weighted by Gasteiger charge is 2.53. The second-order valence-corrected chi connectivity index (χ2v) is 8.92. The molecule has 4 rings (SSSR count). The average Bonchev–Trinajstić information content (AvgIpc) is 3.04. The van der Waals surface area contributed by atoms with Gasteiger partial charge < -0.3 is 19.7 Å². The molecule has 0 unspecified atom stereocenters. The molecule has 2 heterocycles. The normalized spacial score (nSPS) is 22.9. The van der Waals surface area contributed by atoms with Crippen molar-refractivity contribution in [1.29, 1.82) is 0 Å². The lowest BCUT2D eigenvalue weighted by Crippen LogP contribution is -2.59. The molecule has 0 aromatic heterocycles. The first-order valence-corrected chi connectivity index (χ1v) is 11.1. The van der Waals surface area contributed by atoms with Crippen LogP contribution in [-0.2, 0) is 22.6 Å². The largest absolute Gasteiger partial charge is 0.490 e. The number of hydrogen-bond acceptors (Lipinski definition) is 6. The minimum Gasteiger partial charge on any atom is -0.490 e. The second kappa shape index (κ2) is 9.30. The number of fused-ring (bicyclic) bond motifs is 1. The van der Waals surface area contributed by atoms with E-state index in [0.717, 1.165) is 12.1 Å². The smallest absolute Gasteiger partial charge is 0.312 e. The lowest BCUT2D eigenvalue weighted by molar-refractivity contribution is -0.150. The molecule has 7 heteroatoms. The van der Waals surface area contributed by atoms with Gasteiger partial charge in [-0.25, -0.2) is 0 Å². The van der Waals surface area contributed by atoms with Gasteiger partial charge in [-0.1, -0.05) is 36.4 Å². The Hall–Kier alpha value is -2.90. The van der Waals surface area contributed by atoms with Crippen LogP contribution < -0.4 is 10.1 Å². The first kappa shape index (κ1) is 22.3. The van der Waals surface area contributed by atoms with Crippen LogP contribution in [0.25, 0.3) is 0 Å². The number of rotatable bonds is 6. The highest BCUT2D eigenvalue weighted by Crippen LogP contribution is 2.34. The Labute approximate surface area is 189 Å². The molecule has 2 aromatic rings. The number of likely N-dealkylation sites (tertiary alicyclic amines) is 1. The monoisotopic (exact) mass is 437 g/mol. The van der Waals surface area contributed by atoms with Crippen LogP contribution in [0.1, 0.15) is 28.4 Å². The molecular formula is C25H31N3O4. The summed E-state index contributed by atoms with van der Waals surface area (Å²) in [6, 6.07) is 15.7. The molecule has 1 spiro atoms. The molecule has 2 atom stereocenters. The van der Waals surface area contributed by atoms with Gasteiger partial charge >= 0.3 is 5.97 Å². The number of carbonyl (C=O) groups is 2. The van der Waals surface area contributed by atoms with E-state index in [1.165, 1.54) is 5.56 Å². The van der Waals surface area contributed by atoms with Crippen molar-refractivity contribution < 1.29 is 19.1 Å². The standard InChI is InChI=1S/C25H31N3O4/c1-4-31-24(30)21-15-28(14-19-11-9-18(10-12-19)13-27(2)3)16-25(21)17-32-22-8-6-5-7-20(22)23(29)26-25/h5-12,21H,4,13-17H2,1-3H3,(H,26,29)/t21-,25-/m0/s1. The average molecular weight is 438 g/mol. The number of nitrogens with one attached hydrogen (secondary N) is 1. The van der Waals surface area contributed by atoms with E-state index in [9.17, 15) is 9.59 Å². The van der Waals surface area contributed by atoms with E-state index >= 15 is 0 Å². The quantitative estimate of drug-likeness (QED) is 0.700. The zero-order valence-electron chi connectivity index (χ0n) is 19.0. The van der Waals surface area contributed by atoms with E-state index in [1.807, 2.05) is 12.1 Å². The minimum atomic E-state index is -0.840. The molecule has 0 radical (unpaired) electrons. The van der Waals surface area contributed by atoms with Crippen LogP contribution in [0.3, 0.4) is 0 Å². The Kier molecular flexibility index (Phi) is 6.48. The zero-order chi connectivity index (χ0) is 22.7. The molecule has 1 N–H and O–H groups in total. The van der Waals surface area contributed by atoms with Crippen molar-refractivity contribution in [2.75, 3.05) is 40.4 Å². The summed E-state index contributed by atoms with van der Waals surface area (Å²) in [6.45, 7) is 4.90. The summed E-state index contributed by atoms with van der Waals surface area (Å²) >= 11 is 0. The van der Waals surface area contributed by atoms with E-state index in [0.29, 0.717) is 37.6 Å². The van der Waals surface area contributed by atoms with Crippen molar-refractivity contribution in [3.63, 3.8) is 0 Å². The Morgan fingerprint density at radius 2 is 1.91 bits per heavy atom. The third-order valence-corrected chi connectivity index (χ3v) is 6.09. The van der Waals surface area contributed by atoms with Crippen LogP contribution in [0.15, 0.2) is 48.5 Å². The van der Waals surface area contributed by atoms with Gasteiger partial charge in [0.15, 0.2) is 0 Å². The predicted octanol–water partition coefficient (Wildman–Crippen LogP) is 2.30. The van der Waals surface area contributed by atoms with Gasteiger partial charge in [-0.2, -0.15) is 0 Å². The number of esters is 1. The number of benzene rings is 2. The second-order valence-electron chi connectivity index (χ2n) is 8.92. The van der Waals surface area contributed by atoms with E-state index in [-0.39, 0.29) is 18.5 Å². The molecule has 7 nitrogen and oxygen atoms in total. The molecule has 0 bridgehead atoms. The molecule has 170 valence electrons. The maximum absolute atomic E-state index is 13.0. The van der Waals surface area contributed by atoms with Crippen molar-refractivity contribution in [3.8, 4) is 5.75 Å². The topological polar surface area (TPSA) is 71.1 Å². The maximum atomic E-state index is 13.0. The Balaban J connectivity index is 1.55. The van der Waals surface area contributed by atoms with E-state index < -0.39 is 11.5 Å². The molecule has 0 aliphatic carbocycles. The van der Waals surface area contributed by atoms with Crippen molar-refractivity contribution in [3.05, 3.63) is 65.2 Å². The van der Waals surface area contributed by atoms with Gasteiger partial charge in [0.25, 0.3) is 5.91 Å². The van der Waals surface area contributed by atoms with Gasteiger partial charge in [-0.3, -0.25) is 14.5 Å². The third kappa shape index (κ3) is 4.64. The minimum absolute atomic E-state index is 0.220. The molecule has 32 heavy (non-hydrogen) atoms. The third-order valence-electron chi connectivity index (χ3n) is 6.09. The summed E-state index contributed by atoms with van der Waals surface area (Å²) < 4.78 is 11.4. The van der Waals surface area contributed by atoms with Gasteiger partial charge in [0, 0.05) is 26.2 Å². The Morgan fingerprint density at radius 1 is 1.19 bits per heavy atom. The van der Waals surface area contributed by atoms with Gasteiger partial charge in [-0.15, -0.1) is 0 Å². The summed E-state index contributed by atoms with van der Waals surface area (Å²) in [5.74, 6) is -0.485.